The molecule has 0 N–H and O–H groups in total. The average Bonchev–Trinajstić information content (AvgIpc) is 2.73. The summed E-state index contributed by atoms with van der Waals surface area (Å²) in [6.45, 7) is 3.31. The molecule has 2 saturated heterocycles. The Morgan fingerprint density at radius 2 is 1.63 bits per heavy atom. The third kappa shape index (κ3) is 3.91. The van der Waals surface area contributed by atoms with Crippen LogP contribution in [-0.2, 0) is 32.4 Å². The van der Waals surface area contributed by atoms with Gasteiger partial charge in [-0.2, -0.15) is 4.31 Å². The van der Waals surface area contributed by atoms with Crippen LogP contribution in [0.15, 0.2) is 23.1 Å². The number of aryl methyl sites for hydroxylation is 2. The highest BCUT2D eigenvalue weighted by atomic mass is 32.2. The second-order valence-electron chi connectivity index (χ2n) is 7.75. The summed E-state index contributed by atoms with van der Waals surface area (Å²) in [7, 11) is -3.48. The zero-order valence-corrected chi connectivity index (χ0v) is 16.5. The molecule has 1 aromatic rings. The third-order valence-corrected chi connectivity index (χ3v) is 7.98. The first-order chi connectivity index (χ1) is 13.1. The van der Waals surface area contributed by atoms with Crippen molar-refractivity contribution in [1.29, 1.82) is 0 Å². The van der Waals surface area contributed by atoms with Crippen LogP contribution in [0, 0.1) is 5.92 Å². The van der Waals surface area contributed by atoms with Gasteiger partial charge in [-0.1, -0.05) is 6.07 Å². The molecule has 0 atom stereocenters. The highest BCUT2D eigenvalue weighted by Gasteiger charge is 2.34. The fourth-order valence-corrected chi connectivity index (χ4v) is 5.93. The van der Waals surface area contributed by atoms with Crippen molar-refractivity contribution in [2.75, 3.05) is 39.4 Å². The van der Waals surface area contributed by atoms with Crippen LogP contribution in [0.1, 0.15) is 36.8 Å². The van der Waals surface area contributed by atoms with Crippen LogP contribution in [0.2, 0.25) is 0 Å². The van der Waals surface area contributed by atoms with E-state index in [1.54, 1.807) is 10.4 Å². The van der Waals surface area contributed by atoms with E-state index < -0.39 is 10.0 Å². The van der Waals surface area contributed by atoms with Gasteiger partial charge in [-0.3, -0.25) is 4.79 Å². The Bertz CT molecular complexity index is 794. The largest absolute Gasteiger partial charge is 0.378 e. The van der Waals surface area contributed by atoms with Gasteiger partial charge in [0.2, 0.25) is 15.9 Å². The minimum atomic E-state index is -3.48. The number of morpholine rings is 1. The number of nitrogens with zero attached hydrogens (tertiary/aromatic N) is 2. The number of ether oxygens (including phenoxy) is 1. The first-order valence-electron chi connectivity index (χ1n) is 10.0. The van der Waals surface area contributed by atoms with Crippen LogP contribution in [-0.4, -0.2) is 62.9 Å². The molecular formula is C20H28N2O4S. The Morgan fingerprint density at radius 3 is 2.33 bits per heavy atom. The van der Waals surface area contributed by atoms with Crippen LogP contribution in [0.25, 0.3) is 0 Å². The Balaban J connectivity index is 1.41. The van der Waals surface area contributed by atoms with Gasteiger partial charge in [0.1, 0.15) is 0 Å². The van der Waals surface area contributed by atoms with Gasteiger partial charge in [-0.05, 0) is 61.8 Å². The molecule has 6 nitrogen and oxygen atoms in total. The number of carbonyl (C=O) groups is 1. The predicted octanol–water partition coefficient (Wildman–Crippen LogP) is 1.82. The fraction of sp³-hybridized carbons (Fsp3) is 0.650. The zero-order valence-electron chi connectivity index (χ0n) is 15.7. The van der Waals surface area contributed by atoms with E-state index in [1.807, 2.05) is 17.0 Å². The molecule has 4 rings (SSSR count). The van der Waals surface area contributed by atoms with Crippen LogP contribution < -0.4 is 0 Å². The smallest absolute Gasteiger partial charge is 0.243 e. The Hall–Kier alpha value is -1.44. The highest BCUT2D eigenvalue weighted by molar-refractivity contribution is 7.89. The molecule has 1 aromatic carbocycles. The molecule has 0 unspecified atom stereocenters. The minimum absolute atomic E-state index is 0.0712. The Morgan fingerprint density at radius 1 is 0.963 bits per heavy atom. The normalized spacial score (nSPS) is 22.4. The molecule has 0 aromatic heterocycles. The topological polar surface area (TPSA) is 66.9 Å². The molecule has 2 aliphatic heterocycles. The molecule has 2 fully saturated rings. The van der Waals surface area contributed by atoms with Crippen LogP contribution in [0.4, 0.5) is 0 Å². The number of piperidine rings is 1. The number of carbonyl (C=O) groups excluding carboxylic acids is 1. The van der Waals surface area contributed by atoms with Gasteiger partial charge in [0.15, 0.2) is 0 Å². The van der Waals surface area contributed by atoms with Gasteiger partial charge in [-0.25, -0.2) is 8.42 Å². The van der Waals surface area contributed by atoms with E-state index in [2.05, 4.69) is 0 Å². The standard InChI is InChI=1S/C20H28N2O4S/c23-20(21-11-13-26-14-12-21)17-7-9-22(10-8-17)27(24,25)19-6-5-16-3-1-2-4-18(16)15-19/h5-6,15,17H,1-4,7-14H2. The first-order valence-corrected chi connectivity index (χ1v) is 11.5. The van der Waals surface area contributed by atoms with Crippen molar-refractivity contribution in [3.63, 3.8) is 0 Å². The van der Waals surface area contributed by atoms with Gasteiger partial charge in [0.25, 0.3) is 0 Å². The van der Waals surface area contributed by atoms with Gasteiger partial charge >= 0.3 is 0 Å². The number of fused-ring (bicyclic) bond motifs is 1. The number of benzene rings is 1. The molecule has 0 bridgehead atoms. The molecule has 1 amide bonds. The van der Waals surface area contributed by atoms with E-state index in [-0.39, 0.29) is 11.8 Å². The van der Waals surface area contributed by atoms with E-state index >= 15 is 0 Å². The lowest BCUT2D eigenvalue weighted by Crippen LogP contribution is -2.47. The first kappa shape index (κ1) is 18.9. The summed E-state index contributed by atoms with van der Waals surface area (Å²) in [4.78, 5) is 14.9. The van der Waals surface area contributed by atoms with Crippen LogP contribution in [0.5, 0.6) is 0 Å². The average molecular weight is 393 g/mol. The maximum Gasteiger partial charge on any atom is 0.243 e. The zero-order chi connectivity index (χ0) is 18.9. The molecular weight excluding hydrogens is 364 g/mol. The number of sulfonamides is 1. The Kier molecular flexibility index (Phi) is 5.53. The summed E-state index contributed by atoms with van der Waals surface area (Å²) in [5, 5.41) is 0. The van der Waals surface area contributed by atoms with Crippen molar-refractivity contribution >= 4 is 15.9 Å². The number of rotatable bonds is 3. The molecule has 0 radical (unpaired) electrons. The highest BCUT2D eigenvalue weighted by Crippen LogP contribution is 2.28. The van der Waals surface area contributed by atoms with Crippen LogP contribution >= 0.6 is 0 Å². The van der Waals surface area contributed by atoms with Gasteiger partial charge in [0.05, 0.1) is 18.1 Å². The van der Waals surface area contributed by atoms with E-state index in [0.29, 0.717) is 57.1 Å². The molecule has 7 heteroatoms. The van der Waals surface area contributed by atoms with Crippen molar-refractivity contribution < 1.29 is 17.9 Å². The number of hydrogen-bond acceptors (Lipinski definition) is 4. The summed E-state index contributed by atoms with van der Waals surface area (Å²) < 4.78 is 33.0. The van der Waals surface area contributed by atoms with Crippen molar-refractivity contribution in [3.8, 4) is 0 Å². The number of amides is 1. The van der Waals surface area contributed by atoms with Crippen molar-refractivity contribution in [1.82, 2.24) is 9.21 Å². The minimum Gasteiger partial charge on any atom is -0.378 e. The lowest BCUT2D eigenvalue weighted by Gasteiger charge is -2.35. The van der Waals surface area contributed by atoms with Gasteiger partial charge in [-0.15, -0.1) is 0 Å². The predicted molar refractivity (Wildman–Crippen MR) is 102 cm³/mol. The van der Waals surface area contributed by atoms with Crippen molar-refractivity contribution in [2.45, 2.75) is 43.4 Å². The van der Waals surface area contributed by atoms with Crippen LogP contribution in [0.3, 0.4) is 0 Å². The monoisotopic (exact) mass is 392 g/mol. The quantitative estimate of drug-likeness (QED) is 0.787. The molecule has 2 heterocycles. The molecule has 1 aliphatic carbocycles. The maximum atomic E-state index is 13.1. The maximum absolute atomic E-state index is 13.1. The van der Waals surface area contributed by atoms with E-state index in [1.165, 1.54) is 17.5 Å². The molecule has 27 heavy (non-hydrogen) atoms. The summed E-state index contributed by atoms with van der Waals surface area (Å²) in [6.07, 6.45) is 5.52. The SMILES string of the molecule is O=C(C1CCN(S(=O)(=O)c2ccc3c(c2)CCCC3)CC1)N1CCOCC1. The molecule has 0 spiro atoms. The Labute approximate surface area is 161 Å². The third-order valence-electron chi connectivity index (χ3n) is 6.08. The van der Waals surface area contributed by atoms with E-state index in [0.717, 1.165) is 19.3 Å². The lowest BCUT2D eigenvalue weighted by molar-refractivity contribution is -0.140. The summed E-state index contributed by atoms with van der Waals surface area (Å²) in [5.41, 5.74) is 2.47. The van der Waals surface area contributed by atoms with Crippen molar-refractivity contribution in [2.24, 2.45) is 5.92 Å². The molecule has 3 aliphatic rings. The number of hydrogen-bond donors (Lipinski definition) is 0. The van der Waals surface area contributed by atoms with Gasteiger partial charge < -0.3 is 9.64 Å². The second kappa shape index (κ2) is 7.89. The van der Waals surface area contributed by atoms with Gasteiger partial charge in [0, 0.05) is 32.1 Å². The van der Waals surface area contributed by atoms with E-state index in [4.69, 9.17) is 4.74 Å². The summed E-state index contributed by atoms with van der Waals surface area (Å²) in [6, 6.07) is 5.61. The second-order valence-corrected chi connectivity index (χ2v) is 9.69. The molecule has 0 saturated carbocycles. The fourth-order valence-electron chi connectivity index (χ4n) is 4.40. The molecule has 148 valence electrons. The van der Waals surface area contributed by atoms with Crippen molar-refractivity contribution in [3.05, 3.63) is 29.3 Å². The summed E-state index contributed by atoms with van der Waals surface area (Å²) in [5.74, 6) is 0.0854. The summed E-state index contributed by atoms with van der Waals surface area (Å²) >= 11 is 0. The lowest BCUT2D eigenvalue weighted by atomic mass is 9.92. The van der Waals surface area contributed by atoms with E-state index in [9.17, 15) is 13.2 Å².